The number of carbonyl (C=O) groups is 1. The molecule has 71 heavy (non-hydrogen) atoms. The summed E-state index contributed by atoms with van der Waals surface area (Å²) in [6.45, 7) is 7.21. The first-order valence-electron chi connectivity index (χ1n) is 22.7. The highest BCUT2D eigenvalue weighted by Gasteiger charge is 2.31. The number of carbonyl (C=O) groups excluding carboxylic acids is 1. The Hall–Kier alpha value is -6.24. The lowest BCUT2D eigenvalue weighted by molar-refractivity contribution is -0.274. The third-order valence-electron chi connectivity index (χ3n) is 12.0. The van der Waals surface area contributed by atoms with E-state index in [-0.39, 0.29) is 24.1 Å². The van der Waals surface area contributed by atoms with Gasteiger partial charge in [-0.25, -0.2) is 15.0 Å². The Labute approximate surface area is 423 Å². The zero-order valence-electron chi connectivity index (χ0n) is 39.1. The number of anilines is 3. The molecule has 0 aliphatic carbocycles. The molecule has 3 saturated heterocycles. The number of fused-ring (bicyclic) bond motifs is 3. The molecule has 3 aliphatic rings. The number of morpholine rings is 2. The van der Waals surface area contributed by atoms with Crippen LogP contribution in [0.2, 0.25) is 15.3 Å². The van der Waals surface area contributed by atoms with E-state index in [0.29, 0.717) is 47.2 Å². The predicted molar refractivity (Wildman–Crippen MR) is 271 cm³/mol. The fraction of sp³-hybridized carbons (Fsp3) is 0.333. The molecule has 3 aromatic heterocycles. The molecule has 6 heterocycles. The van der Waals surface area contributed by atoms with Crippen molar-refractivity contribution in [3.63, 3.8) is 0 Å². The molecule has 3 aliphatic heterocycles. The number of halogens is 6. The molecule has 1 atom stereocenters. The molecule has 3 fully saturated rings. The van der Waals surface area contributed by atoms with E-state index >= 15 is 0 Å². The maximum absolute atomic E-state index is 12.9. The van der Waals surface area contributed by atoms with Gasteiger partial charge in [0.25, 0.3) is 0 Å². The first-order valence-corrected chi connectivity index (χ1v) is 23.9. The molecule has 20 heteroatoms. The molecular weight excluding hydrogens is 986 g/mol. The van der Waals surface area contributed by atoms with Gasteiger partial charge < -0.3 is 48.4 Å². The summed E-state index contributed by atoms with van der Waals surface area (Å²) in [4.78, 5) is 32.5. The number of methoxy groups -OCH3 is 3. The van der Waals surface area contributed by atoms with Crippen molar-refractivity contribution in [3.05, 3.63) is 118 Å². The number of hydrogen-bond acceptors (Lipinski definition) is 13. The summed E-state index contributed by atoms with van der Waals surface area (Å²) < 4.78 is 67.7. The van der Waals surface area contributed by atoms with Gasteiger partial charge in [-0.3, -0.25) is 4.79 Å². The van der Waals surface area contributed by atoms with Gasteiger partial charge in [0.15, 0.2) is 0 Å². The standard InChI is InChI=1S/C27H29F3N4O4.C14H15ClN2O2.C10H7Cl2NO/c1-36-21-6-7-23-22(15-21)24(33-10-12-37-13-11-33)16-25(32-23)31-19-8-9-34(17-19)26(35)14-18-2-4-20(5-3-18)38-27(28,29)30;1-18-10-2-3-12-11(8-10)13(9-14(15)16-12)17-4-6-19-7-5-17;1-14-6-2-3-9-7(4-6)8(11)5-10(12)13-9/h2-7,15-16,19H,8-14,17H2,1H3,(H,31,32);2-3,8-9H,4-7H2,1H3;2-5H,1H3/t19-;;/m0../s1. The lowest BCUT2D eigenvalue weighted by Crippen LogP contribution is -2.36. The molecule has 4 aromatic carbocycles. The molecule has 0 spiro atoms. The average molecular weight is 1040 g/mol. The second kappa shape index (κ2) is 23.3. The number of hydrogen-bond donors (Lipinski definition) is 1. The van der Waals surface area contributed by atoms with Crippen LogP contribution in [-0.2, 0) is 20.7 Å². The van der Waals surface area contributed by atoms with Crippen molar-refractivity contribution in [2.45, 2.75) is 25.2 Å². The van der Waals surface area contributed by atoms with E-state index in [1.165, 1.54) is 24.3 Å². The zero-order valence-corrected chi connectivity index (χ0v) is 41.4. The van der Waals surface area contributed by atoms with Crippen molar-refractivity contribution in [2.24, 2.45) is 0 Å². The van der Waals surface area contributed by atoms with Gasteiger partial charge in [0.2, 0.25) is 5.91 Å². The van der Waals surface area contributed by atoms with Crippen LogP contribution in [0.3, 0.4) is 0 Å². The van der Waals surface area contributed by atoms with E-state index < -0.39 is 6.36 Å². The van der Waals surface area contributed by atoms with Crippen molar-refractivity contribution in [3.8, 4) is 23.0 Å². The number of ether oxygens (including phenoxy) is 6. The molecule has 0 radical (unpaired) electrons. The van der Waals surface area contributed by atoms with Gasteiger partial charge in [0, 0.05) is 73.2 Å². The van der Waals surface area contributed by atoms with E-state index in [2.05, 4.69) is 29.8 Å². The molecule has 0 unspecified atom stereocenters. The van der Waals surface area contributed by atoms with Gasteiger partial charge in [-0.15, -0.1) is 13.2 Å². The molecule has 0 bridgehead atoms. The highest BCUT2D eigenvalue weighted by molar-refractivity contribution is 6.37. The molecule has 0 saturated carbocycles. The predicted octanol–water partition coefficient (Wildman–Crippen LogP) is 10.5. The minimum atomic E-state index is -4.75. The van der Waals surface area contributed by atoms with Crippen molar-refractivity contribution in [1.82, 2.24) is 19.9 Å². The van der Waals surface area contributed by atoms with Crippen LogP contribution in [-0.4, -0.2) is 125 Å². The summed E-state index contributed by atoms with van der Waals surface area (Å²) in [5, 5.41) is 7.90. The van der Waals surface area contributed by atoms with Gasteiger partial charge in [-0.1, -0.05) is 46.9 Å². The van der Waals surface area contributed by atoms with E-state index in [1.54, 1.807) is 32.3 Å². The van der Waals surface area contributed by atoms with Crippen molar-refractivity contribution < 1.29 is 46.4 Å². The molecule has 1 amide bonds. The molecular formula is C51H51Cl3F3N7O7. The van der Waals surface area contributed by atoms with Crippen LogP contribution in [0.25, 0.3) is 32.7 Å². The maximum atomic E-state index is 12.9. The normalized spacial score (nSPS) is 16.0. The van der Waals surface area contributed by atoms with Gasteiger partial charge >= 0.3 is 6.36 Å². The summed E-state index contributed by atoms with van der Waals surface area (Å²) in [6.07, 6.45) is -3.87. The largest absolute Gasteiger partial charge is 0.573 e. The zero-order chi connectivity index (χ0) is 50.1. The fourth-order valence-electron chi connectivity index (χ4n) is 8.47. The van der Waals surface area contributed by atoms with Crippen molar-refractivity contribution in [1.29, 1.82) is 0 Å². The van der Waals surface area contributed by atoms with Crippen LogP contribution < -0.4 is 34.1 Å². The third-order valence-corrected chi connectivity index (χ3v) is 12.7. The number of pyridine rings is 3. The Morgan fingerprint density at radius 1 is 0.634 bits per heavy atom. The van der Waals surface area contributed by atoms with Gasteiger partial charge in [0.05, 0.1) is 81.4 Å². The van der Waals surface area contributed by atoms with Crippen LogP contribution in [0.4, 0.5) is 30.4 Å². The second-order valence-electron chi connectivity index (χ2n) is 16.6. The Morgan fingerprint density at radius 3 is 1.65 bits per heavy atom. The molecule has 7 aromatic rings. The lowest BCUT2D eigenvalue weighted by Gasteiger charge is -2.30. The Balaban J connectivity index is 0.000000168. The van der Waals surface area contributed by atoms with Crippen LogP contribution >= 0.6 is 34.8 Å². The van der Waals surface area contributed by atoms with Gasteiger partial charge in [0.1, 0.15) is 39.1 Å². The van der Waals surface area contributed by atoms with E-state index in [4.69, 9.17) is 63.5 Å². The number of amides is 1. The molecule has 1 N–H and O–H groups in total. The summed E-state index contributed by atoms with van der Waals surface area (Å²) >= 11 is 17.9. The van der Waals surface area contributed by atoms with Crippen LogP contribution in [0.5, 0.6) is 23.0 Å². The Bertz CT molecular complexity index is 2960. The first-order chi connectivity index (χ1) is 34.2. The van der Waals surface area contributed by atoms with E-state index in [1.807, 2.05) is 66.7 Å². The minimum absolute atomic E-state index is 0.0299. The minimum Gasteiger partial charge on any atom is -0.497 e. The van der Waals surface area contributed by atoms with E-state index in [9.17, 15) is 18.0 Å². The van der Waals surface area contributed by atoms with Gasteiger partial charge in [-0.05, 0) is 90.8 Å². The number of rotatable bonds is 10. The average Bonchev–Trinajstić information content (AvgIpc) is 3.85. The highest BCUT2D eigenvalue weighted by atomic mass is 35.5. The second-order valence-corrected chi connectivity index (χ2v) is 17.8. The van der Waals surface area contributed by atoms with Crippen molar-refractivity contribution in [2.75, 3.05) is 102 Å². The van der Waals surface area contributed by atoms with Crippen molar-refractivity contribution >= 4 is 90.6 Å². The fourth-order valence-corrected chi connectivity index (χ4v) is 9.18. The summed E-state index contributed by atoms with van der Waals surface area (Å²) in [7, 11) is 4.92. The smallest absolute Gasteiger partial charge is 0.497 e. The monoisotopic (exact) mass is 1040 g/mol. The Kier molecular flexibility index (Phi) is 16.8. The molecule has 14 nitrogen and oxygen atoms in total. The summed E-state index contributed by atoms with van der Waals surface area (Å²) in [5.41, 5.74) is 5.28. The lowest BCUT2D eigenvalue weighted by atomic mass is 10.1. The third kappa shape index (κ3) is 13.4. The summed E-state index contributed by atoms with van der Waals surface area (Å²) in [5.74, 6) is 2.70. The number of benzene rings is 4. The Morgan fingerprint density at radius 2 is 1.11 bits per heavy atom. The van der Waals surface area contributed by atoms with Crippen LogP contribution in [0, 0.1) is 0 Å². The number of alkyl halides is 3. The highest BCUT2D eigenvalue weighted by Crippen LogP contribution is 2.35. The van der Waals surface area contributed by atoms with Gasteiger partial charge in [-0.2, -0.15) is 0 Å². The van der Waals surface area contributed by atoms with E-state index in [0.717, 1.165) is 113 Å². The molecule has 374 valence electrons. The molecule has 10 rings (SSSR count). The summed E-state index contributed by atoms with van der Waals surface area (Å²) in [6, 6.07) is 28.1. The number of likely N-dealkylation sites (tertiary alicyclic amines) is 1. The quantitative estimate of drug-likeness (QED) is 0.130. The number of nitrogens with zero attached hydrogens (tertiary/aromatic N) is 6. The SMILES string of the molecule is COc1ccc2nc(Cl)cc(Cl)c2c1.COc1ccc2nc(Cl)cc(N3CCOCC3)c2c1.COc1ccc2nc(N[C@H]3CCN(C(=O)Cc4ccc(OC(F)(F)F)cc4)C3)cc(N3CCOCC3)c2c1. The maximum Gasteiger partial charge on any atom is 0.573 e. The first kappa shape index (κ1) is 51.1. The number of aromatic nitrogens is 3. The topological polar surface area (TPSA) is 133 Å². The number of nitrogens with one attached hydrogen (secondary N) is 1. The van der Waals surface area contributed by atoms with Crippen LogP contribution in [0.15, 0.2) is 97.1 Å². The van der Waals surface area contributed by atoms with Crippen LogP contribution in [0.1, 0.15) is 12.0 Å².